The number of hydrogen-bond donors (Lipinski definition) is 0. The Bertz CT molecular complexity index is 870. The molecule has 7 nitrogen and oxygen atoms in total. The molecule has 4 rings (SSSR count). The Morgan fingerprint density at radius 3 is 2.26 bits per heavy atom. The molecule has 0 unspecified atom stereocenters. The molecule has 2 saturated heterocycles. The first-order valence-electron chi connectivity index (χ1n) is 9.20. The van der Waals surface area contributed by atoms with Crippen molar-refractivity contribution in [3.8, 4) is 11.3 Å². The maximum atomic E-state index is 13.0. The highest BCUT2D eigenvalue weighted by Crippen LogP contribution is 2.22. The molecule has 0 atom stereocenters. The van der Waals surface area contributed by atoms with E-state index in [-0.39, 0.29) is 5.82 Å². The Morgan fingerprint density at radius 2 is 1.59 bits per heavy atom. The van der Waals surface area contributed by atoms with Gasteiger partial charge in [0.25, 0.3) is 10.2 Å². The Labute approximate surface area is 158 Å². The van der Waals surface area contributed by atoms with Crippen molar-refractivity contribution in [1.82, 2.24) is 18.5 Å². The number of oxazole rings is 1. The van der Waals surface area contributed by atoms with E-state index in [1.165, 1.54) is 12.1 Å². The van der Waals surface area contributed by atoms with Crippen molar-refractivity contribution in [2.75, 3.05) is 39.3 Å². The van der Waals surface area contributed by atoms with E-state index in [0.29, 0.717) is 57.5 Å². The second-order valence-electron chi connectivity index (χ2n) is 6.91. The topological polar surface area (TPSA) is 69.9 Å². The largest absolute Gasteiger partial charge is 0.439 e. The summed E-state index contributed by atoms with van der Waals surface area (Å²) in [6.07, 6.45) is 3.52. The third kappa shape index (κ3) is 4.06. The highest BCUT2D eigenvalue weighted by atomic mass is 32.2. The number of benzene rings is 1. The van der Waals surface area contributed by atoms with Crippen LogP contribution in [0.25, 0.3) is 11.3 Å². The minimum Gasteiger partial charge on any atom is -0.439 e. The summed E-state index contributed by atoms with van der Waals surface area (Å²) in [5.74, 6) is 0.880. The third-order valence-corrected chi connectivity index (χ3v) is 7.13. The molecule has 0 radical (unpaired) electrons. The third-order valence-electron chi connectivity index (χ3n) is 5.09. The van der Waals surface area contributed by atoms with Crippen LogP contribution in [-0.2, 0) is 16.8 Å². The molecular formula is C18H23FN4O3S. The van der Waals surface area contributed by atoms with Crippen LogP contribution in [-0.4, -0.2) is 66.2 Å². The molecule has 2 aliphatic heterocycles. The molecule has 3 heterocycles. The van der Waals surface area contributed by atoms with Gasteiger partial charge in [0, 0.05) is 44.8 Å². The molecule has 146 valence electrons. The summed E-state index contributed by atoms with van der Waals surface area (Å²) in [5, 5.41) is 0. The minimum absolute atomic E-state index is 0.291. The number of aromatic nitrogens is 1. The maximum absolute atomic E-state index is 13.0. The van der Waals surface area contributed by atoms with Crippen molar-refractivity contribution in [3.05, 3.63) is 42.2 Å². The maximum Gasteiger partial charge on any atom is 0.282 e. The molecule has 0 N–H and O–H groups in total. The van der Waals surface area contributed by atoms with Gasteiger partial charge in [-0.1, -0.05) is 0 Å². The minimum atomic E-state index is -3.32. The first-order valence-corrected chi connectivity index (χ1v) is 10.6. The highest BCUT2D eigenvalue weighted by molar-refractivity contribution is 7.86. The molecular weight excluding hydrogens is 371 g/mol. The van der Waals surface area contributed by atoms with Gasteiger partial charge in [-0.3, -0.25) is 4.90 Å². The summed E-state index contributed by atoms with van der Waals surface area (Å²) in [7, 11) is -3.32. The van der Waals surface area contributed by atoms with Crippen molar-refractivity contribution in [1.29, 1.82) is 0 Å². The van der Waals surface area contributed by atoms with Crippen molar-refractivity contribution >= 4 is 10.2 Å². The van der Waals surface area contributed by atoms with Gasteiger partial charge < -0.3 is 4.42 Å². The zero-order valence-electron chi connectivity index (χ0n) is 15.1. The summed E-state index contributed by atoms with van der Waals surface area (Å²) in [6, 6.07) is 6.08. The zero-order valence-corrected chi connectivity index (χ0v) is 15.9. The Morgan fingerprint density at radius 1 is 0.963 bits per heavy atom. The summed E-state index contributed by atoms with van der Waals surface area (Å²) in [4.78, 5) is 6.43. The molecule has 2 aliphatic rings. The van der Waals surface area contributed by atoms with E-state index in [1.54, 1.807) is 26.9 Å². The summed E-state index contributed by atoms with van der Waals surface area (Å²) >= 11 is 0. The lowest BCUT2D eigenvalue weighted by atomic mass is 10.2. The second kappa shape index (κ2) is 7.67. The van der Waals surface area contributed by atoms with E-state index in [2.05, 4.69) is 9.88 Å². The van der Waals surface area contributed by atoms with Gasteiger partial charge in [-0.15, -0.1) is 0 Å². The Hall–Kier alpha value is -1.81. The predicted molar refractivity (Wildman–Crippen MR) is 98.5 cm³/mol. The van der Waals surface area contributed by atoms with Gasteiger partial charge in [0.15, 0.2) is 5.76 Å². The molecule has 1 aromatic heterocycles. The SMILES string of the molecule is O=S(=O)(N1CCCC1)N1CCN(Cc2ncc(-c3ccc(F)cc3)o2)CC1. The van der Waals surface area contributed by atoms with Crippen molar-refractivity contribution in [3.63, 3.8) is 0 Å². The molecule has 0 bridgehead atoms. The first-order chi connectivity index (χ1) is 13.0. The van der Waals surface area contributed by atoms with Crippen molar-refractivity contribution in [2.45, 2.75) is 19.4 Å². The van der Waals surface area contributed by atoms with Gasteiger partial charge >= 0.3 is 0 Å². The molecule has 9 heteroatoms. The molecule has 0 amide bonds. The highest BCUT2D eigenvalue weighted by Gasteiger charge is 2.33. The van der Waals surface area contributed by atoms with Crippen LogP contribution in [0.2, 0.25) is 0 Å². The molecule has 2 fully saturated rings. The smallest absolute Gasteiger partial charge is 0.282 e. The zero-order chi connectivity index (χ0) is 18.9. The van der Waals surface area contributed by atoms with Crippen molar-refractivity contribution in [2.24, 2.45) is 0 Å². The fourth-order valence-electron chi connectivity index (χ4n) is 3.52. The van der Waals surface area contributed by atoms with Gasteiger partial charge in [-0.2, -0.15) is 17.0 Å². The summed E-state index contributed by atoms with van der Waals surface area (Å²) in [5.41, 5.74) is 0.775. The van der Waals surface area contributed by atoms with E-state index in [1.807, 2.05) is 0 Å². The fourth-order valence-corrected chi connectivity index (χ4v) is 5.19. The van der Waals surface area contributed by atoms with Crippen LogP contribution < -0.4 is 0 Å². The van der Waals surface area contributed by atoms with Gasteiger partial charge in [0.2, 0.25) is 5.89 Å². The average molecular weight is 394 g/mol. The van der Waals surface area contributed by atoms with Crippen LogP contribution >= 0.6 is 0 Å². The van der Waals surface area contributed by atoms with Gasteiger partial charge in [0.1, 0.15) is 5.82 Å². The van der Waals surface area contributed by atoms with Crippen LogP contribution in [0.1, 0.15) is 18.7 Å². The number of piperazine rings is 1. The second-order valence-corrected chi connectivity index (χ2v) is 8.84. The van der Waals surface area contributed by atoms with Crippen LogP contribution in [0.3, 0.4) is 0 Å². The van der Waals surface area contributed by atoms with Crippen LogP contribution in [0, 0.1) is 5.82 Å². The normalized spacial score (nSPS) is 20.3. The molecule has 0 spiro atoms. The monoisotopic (exact) mass is 394 g/mol. The van der Waals surface area contributed by atoms with Crippen LogP contribution in [0.15, 0.2) is 34.9 Å². The van der Waals surface area contributed by atoms with E-state index in [0.717, 1.165) is 18.4 Å². The van der Waals surface area contributed by atoms with E-state index in [4.69, 9.17) is 4.42 Å². The van der Waals surface area contributed by atoms with Gasteiger partial charge in [-0.05, 0) is 37.1 Å². The average Bonchev–Trinajstić information content (AvgIpc) is 3.35. The van der Waals surface area contributed by atoms with Crippen molar-refractivity contribution < 1.29 is 17.2 Å². The Balaban J connectivity index is 1.34. The molecule has 2 aromatic rings. The first kappa shape index (κ1) is 18.5. The van der Waals surface area contributed by atoms with Gasteiger partial charge in [0.05, 0.1) is 12.7 Å². The van der Waals surface area contributed by atoms with E-state index >= 15 is 0 Å². The fraction of sp³-hybridized carbons (Fsp3) is 0.500. The molecule has 0 saturated carbocycles. The van der Waals surface area contributed by atoms with Crippen LogP contribution in [0.5, 0.6) is 0 Å². The number of rotatable bonds is 5. The number of hydrogen-bond acceptors (Lipinski definition) is 5. The predicted octanol–water partition coefficient (Wildman–Crippen LogP) is 1.94. The molecule has 0 aliphatic carbocycles. The number of halogens is 1. The van der Waals surface area contributed by atoms with Gasteiger partial charge in [-0.25, -0.2) is 9.37 Å². The van der Waals surface area contributed by atoms with E-state index < -0.39 is 10.2 Å². The lowest BCUT2D eigenvalue weighted by Crippen LogP contribution is -2.52. The standard InChI is InChI=1S/C18H23FN4O3S/c19-16-5-3-15(4-6-16)17-13-20-18(26-17)14-21-9-11-23(12-10-21)27(24,25)22-7-1-2-8-22/h3-6,13H,1-2,7-12,14H2. The number of nitrogens with zero attached hydrogens (tertiary/aromatic N) is 4. The Kier molecular flexibility index (Phi) is 5.27. The lowest BCUT2D eigenvalue weighted by molar-refractivity contribution is 0.164. The summed E-state index contributed by atoms with van der Waals surface area (Å²) in [6.45, 7) is 4.02. The molecule has 1 aromatic carbocycles. The quantitative estimate of drug-likeness (QED) is 0.775. The lowest BCUT2D eigenvalue weighted by Gasteiger charge is -2.35. The summed E-state index contributed by atoms with van der Waals surface area (Å²) < 4.78 is 47.2. The van der Waals surface area contributed by atoms with E-state index in [9.17, 15) is 12.8 Å². The molecule has 27 heavy (non-hydrogen) atoms. The van der Waals surface area contributed by atoms with Crippen LogP contribution in [0.4, 0.5) is 4.39 Å².